The van der Waals surface area contributed by atoms with Gasteiger partial charge in [0.2, 0.25) is 0 Å². The highest BCUT2D eigenvalue weighted by Gasteiger charge is 2.20. The monoisotopic (exact) mass is 316 g/mol. The summed E-state index contributed by atoms with van der Waals surface area (Å²) in [4.78, 5) is 11.7. The normalized spacial score (nSPS) is 11.3. The predicted molar refractivity (Wildman–Crippen MR) is 91.7 cm³/mol. The van der Waals surface area contributed by atoms with Crippen molar-refractivity contribution in [1.29, 1.82) is 0 Å². The Balaban J connectivity index is 2.46. The molecular weight excluding hydrogens is 296 g/mol. The van der Waals surface area contributed by atoms with Crippen molar-refractivity contribution in [2.45, 2.75) is 26.2 Å². The minimum Gasteiger partial charge on any atom is -0.496 e. The minimum atomic E-state index is -0.987. The van der Waals surface area contributed by atoms with E-state index in [9.17, 15) is 4.79 Å². The Morgan fingerprint density at radius 2 is 1.91 bits per heavy atom. The van der Waals surface area contributed by atoms with Crippen LogP contribution >= 0.6 is 11.3 Å². The fourth-order valence-electron chi connectivity index (χ4n) is 2.22. The highest BCUT2D eigenvalue weighted by molar-refractivity contribution is 7.12. The predicted octanol–water partition coefficient (Wildman–Crippen LogP) is 4.82. The van der Waals surface area contributed by atoms with Crippen molar-refractivity contribution in [3.05, 3.63) is 46.7 Å². The number of carboxylic acids is 1. The second kappa shape index (κ2) is 5.97. The van der Waals surface area contributed by atoms with Crippen LogP contribution in [0.25, 0.3) is 16.7 Å². The van der Waals surface area contributed by atoms with E-state index in [-0.39, 0.29) is 11.0 Å². The third-order valence-electron chi connectivity index (χ3n) is 3.50. The number of hydrogen-bond acceptors (Lipinski definition) is 3. The summed E-state index contributed by atoms with van der Waals surface area (Å²) in [5.41, 5.74) is 3.25. The summed E-state index contributed by atoms with van der Waals surface area (Å²) in [7, 11) is 1.67. The number of carboxylic acid groups (broad SMARTS) is 1. The first-order valence-corrected chi connectivity index (χ1v) is 7.82. The molecule has 1 aromatic heterocycles. The van der Waals surface area contributed by atoms with Crippen molar-refractivity contribution < 1.29 is 14.6 Å². The van der Waals surface area contributed by atoms with Crippen molar-refractivity contribution in [3.8, 4) is 16.9 Å². The zero-order valence-corrected chi connectivity index (χ0v) is 14.1. The molecule has 0 unspecified atom stereocenters. The summed E-state index contributed by atoms with van der Waals surface area (Å²) in [6.07, 6.45) is 0. The summed E-state index contributed by atoms with van der Waals surface area (Å²) >= 11 is 1.39. The number of ether oxygens (including phenoxy) is 1. The molecule has 0 bridgehead atoms. The number of hydrogen-bond donors (Lipinski definition) is 1. The average Bonchev–Trinajstić information content (AvgIpc) is 2.94. The van der Waals surface area contributed by atoms with E-state index >= 15 is 0 Å². The third-order valence-corrected chi connectivity index (χ3v) is 4.49. The third kappa shape index (κ3) is 3.22. The Bertz CT molecular complexity index is 720. The lowest BCUT2D eigenvalue weighted by atomic mass is 9.85. The van der Waals surface area contributed by atoms with E-state index in [1.54, 1.807) is 7.11 Å². The van der Waals surface area contributed by atoms with Gasteiger partial charge in [0, 0.05) is 10.4 Å². The van der Waals surface area contributed by atoms with Crippen LogP contribution in [0.5, 0.6) is 5.75 Å². The molecule has 2 aromatic rings. The first kappa shape index (κ1) is 16.3. The fraction of sp³-hybridized carbons (Fsp3) is 0.278. The molecule has 3 nitrogen and oxygen atoms in total. The Morgan fingerprint density at radius 1 is 1.23 bits per heavy atom. The maximum Gasteiger partial charge on any atom is 0.336 e. The molecule has 0 saturated carbocycles. The van der Waals surface area contributed by atoms with Gasteiger partial charge in [0.05, 0.1) is 12.7 Å². The van der Waals surface area contributed by atoms with Crippen LogP contribution in [0.4, 0.5) is 0 Å². The second-order valence-electron chi connectivity index (χ2n) is 6.15. The summed E-state index contributed by atoms with van der Waals surface area (Å²) < 4.78 is 5.45. The van der Waals surface area contributed by atoms with E-state index in [1.807, 2.05) is 23.6 Å². The molecule has 0 saturated heterocycles. The van der Waals surface area contributed by atoms with Crippen LogP contribution in [0.3, 0.4) is 0 Å². The molecule has 1 aromatic carbocycles. The van der Waals surface area contributed by atoms with Gasteiger partial charge in [0.1, 0.15) is 5.75 Å². The lowest BCUT2D eigenvalue weighted by Crippen LogP contribution is -2.12. The molecule has 2 rings (SSSR count). The molecule has 0 aliphatic carbocycles. The van der Waals surface area contributed by atoms with Gasteiger partial charge < -0.3 is 9.84 Å². The Hall–Kier alpha value is -2.07. The van der Waals surface area contributed by atoms with Crippen LogP contribution in [-0.2, 0) is 10.2 Å². The van der Waals surface area contributed by atoms with Crippen molar-refractivity contribution in [2.75, 3.05) is 7.11 Å². The molecule has 0 aliphatic heterocycles. The number of benzene rings is 1. The summed E-state index contributed by atoms with van der Waals surface area (Å²) in [6, 6.07) is 7.92. The van der Waals surface area contributed by atoms with Gasteiger partial charge in [0.15, 0.2) is 0 Å². The molecule has 0 amide bonds. The van der Waals surface area contributed by atoms with Gasteiger partial charge in [-0.15, -0.1) is 11.3 Å². The smallest absolute Gasteiger partial charge is 0.336 e. The summed E-state index contributed by atoms with van der Waals surface area (Å²) in [6.45, 7) is 10.0. The number of rotatable bonds is 4. The molecule has 0 aliphatic rings. The van der Waals surface area contributed by atoms with Gasteiger partial charge in [-0.2, -0.15) is 0 Å². The molecule has 4 heteroatoms. The summed E-state index contributed by atoms with van der Waals surface area (Å²) in [5, 5.41) is 11.0. The average molecular weight is 316 g/mol. The van der Waals surface area contributed by atoms with Crippen LogP contribution < -0.4 is 4.74 Å². The van der Waals surface area contributed by atoms with Crippen LogP contribution in [0.15, 0.2) is 36.2 Å². The largest absolute Gasteiger partial charge is 0.496 e. The molecule has 1 heterocycles. The topological polar surface area (TPSA) is 46.5 Å². The SMILES string of the molecule is C=C(C(=O)O)c1cc(-c2ccc(OC)c(C(C)(C)C)c2)cs1. The first-order valence-electron chi connectivity index (χ1n) is 6.94. The molecular formula is C18H20O3S. The lowest BCUT2D eigenvalue weighted by molar-refractivity contribution is -0.130. The maximum atomic E-state index is 11.0. The number of methoxy groups -OCH3 is 1. The van der Waals surface area contributed by atoms with Gasteiger partial charge in [0.25, 0.3) is 0 Å². The highest BCUT2D eigenvalue weighted by Crippen LogP contribution is 2.36. The number of thiophene rings is 1. The Morgan fingerprint density at radius 3 is 2.45 bits per heavy atom. The molecule has 0 spiro atoms. The molecule has 0 atom stereocenters. The van der Waals surface area contributed by atoms with Crippen LogP contribution in [0.2, 0.25) is 0 Å². The van der Waals surface area contributed by atoms with Crippen molar-refractivity contribution in [1.82, 2.24) is 0 Å². The van der Waals surface area contributed by atoms with Gasteiger partial charge in [-0.25, -0.2) is 4.79 Å². The van der Waals surface area contributed by atoms with E-state index in [0.29, 0.717) is 4.88 Å². The van der Waals surface area contributed by atoms with Crippen molar-refractivity contribution >= 4 is 22.9 Å². The lowest BCUT2D eigenvalue weighted by Gasteiger charge is -2.22. The first-order chi connectivity index (χ1) is 10.2. The minimum absolute atomic E-state index is 0.0368. The summed E-state index contributed by atoms with van der Waals surface area (Å²) in [5.74, 6) is -0.125. The highest BCUT2D eigenvalue weighted by atomic mass is 32.1. The molecule has 22 heavy (non-hydrogen) atoms. The maximum absolute atomic E-state index is 11.0. The van der Waals surface area contributed by atoms with Gasteiger partial charge in [-0.05, 0) is 40.1 Å². The number of carbonyl (C=O) groups is 1. The van der Waals surface area contributed by atoms with Crippen molar-refractivity contribution in [3.63, 3.8) is 0 Å². The standard InChI is InChI=1S/C18H20O3S/c1-11(17(19)20)16-9-13(10-22-16)12-6-7-15(21-5)14(8-12)18(2,3)4/h6-10H,1H2,2-5H3,(H,19,20). The van der Waals surface area contributed by atoms with E-state index in [1.165, 1.54) is 11.3 Å². The Kier molecular flexibility index (Phi) is 4.42. The van der Waals surface area contributed by atoms with E-state index in [2.05, 4.69) is 33.4 Å². The fourth-order valence-corrected chi connectivity index (χ4v) is 3.11. The molecule has 0 radical (unpaired) electrons. The quantitative estimate of drug-likeness (QED) is 0.823. The molecule has 116 valence electrons. The van der Waals surface area contributed by atoms with Gasteiger partial charge in [-0.1, -0.05) is 33.4 Å². The van der Waals surface area contributed by atoms with Crippen LogP contribution in [0, 0.1) is 0 Å². The van der Waals surface area contributed by atoms with E-state index in [4.69, 9.17) is 9.84 Å². The van der Waals surface area contributed by atoms with Crippen LogP contribution in [-0.4, -0.2) is 18.2 Å². The zero-order valence-electron chi connectivity index (χ0n) is 13.3. The second-order valence-corrected chi connectivity index (χ2v) is 7.06. The van der Waals surface area contributed by atoms with E-state index in [0.717, 1.165) is 22.4 Å². The van der Waals surface area contributed by atoms with Gasteiger partial charge in [-0.3, -0.25) is 0 Å². The zero-order chi connectivity index (χ0) is 16.5. The molecule has 1 N–H and O–H groups in total. The van der Waals surface area contributed by atoms with Gasteiger partial charge >= 0.3 is 5.97 Å². The Labute approximate surface area is 134 Å². The van der Waals surface area contributed by atoms with Crippen LogP contribution in [0.1, 0.15) is 31.2 Å². The van der Waals surface area contributed by atoms with Crippen molar-refractivity contribution in [2.24, 2.45) is 0 Å². The number of aliphatic carboxylic acids is 1. The van der Waals surface area contributed by atoms with E-state index < -0.39 is 5.97 Å². The molecule has 0 fully saturated rings.